The zero-order valence-electron chi connectivity index (χ0n) is 20.8. The molecule has 0 bridgehead atoms. The monoisotopic (exact) mass is 516 g/mol. The SMILES string of the molecule is CC(=NN=C(N)N)c1cccc(C(=O)Nc2ccc(Nc3ccnc4ccc(N(C)C)cc34)cc2)c1.Cl. The average molecular weight is 517 g/mol. The first-order valence-corrected chi connectivity index (χ1v) is 11.3. The molecule has 4 aromatic rings. The lowest BCUT2D eigenvalue weighted by atomic mass is 10.1. The minimum absolute atomic E-state index is 0. The van der Waals surface area contributed by atoms with E-state index in [0.717, 1.165) is 33.5 Å². The summed E-state index contributed by atoms with van der Waals surface area (Å²) in [5, 5.41) is 15.0. The molecule has 3 aromatic carbocycles. The van der Waals surface area contributed by atoms with Crippen LogP contribution < -0.4 is 27.0 Å². The maximum Gasteiger partial charge on any atom is 0.255 e. The lowest BCUT2D eigenvalue weighted by Crippen LogP contribution is -2.22. The fourth-order valence-corrected chi connectivity index (χ4v) is 3.59. The number of guanidine groups is 1. The first-order valence-electron chi connectivity index (χ1n) is 11.3. The molecule has 0 atom stereocenters. The Balaban J connectivity index is 0.00000380. The third-order valence-corrected chi connectivity index (χ3v) is 5.52. The number of halogens is 1. The smallest absolute Gasteiger partial charge is 0.255 e. The van der Waals surface area contributed by atoms with Crippen LogP contribution in [0.5, 0.6) is 0 Å². The largest absolute Gasteiger partial charge is 0.378 e. The summed E-state index contributed by atoms with van der Waals surface area (Å²) in [5.41, 5.74) is 17.0. The van der Waals surface area contributed by atoms with Gasteiger partial charge in [-0.3, -0.25) is 9.78 Å². The Kier molecular flexibility index (Phi) is 8.65. The van der Waals surface area contributed by atoms with Crippen LogP contribution in [0.2, 0.25) is 0 Å². The molecular weight excluding hydrogens is 488 g/mol. The number of hydrogen-bond acceptors (Lipinski definition) is 6. The van der Waals surface area contributed by atoms with Crippen LogP contribution >= 0.6 is 12.4 Å². The predicted molar refractivity (Wildman–Crippen MR) is 155 cm³/mol. The molecule has 9 nitrogen and oxygen atoms in total. The van der Waals surface area contributed by atoms with Crippen LogP contribution in [0, 0.1) is 0 Å². The van der Waals surface area contributed by atoms with E-state index in [2.05, 4.69) is 36.8 Å². The van der Waals surface area contributed by atoms with E-state index < -0.39 is 0 Å². The average Bonchev–Trinajstić information content (AvgIpc) is 2.88. The second-order valence-electron chi connectivity index (χ2n) is 8.40. The zero-order valence-corrected chi connectivity index (χ0v) is 21.6. The van der Waals surface area contributed by atoms with Crippen LogP contribution in [0.4, 0.5) is 22.7 Å². The van der Waals surface area contributed by atoms with Gasteiger partial charge in [-0.25, -0.2) is 0 Å². The molecule has 0 unspecified atom stereocenters. The molecule has 1 heterocycles. The van der Waals surface area contributed by atoms with E-state index in [9.17, 15) is 4.79 Å². The van der Waals surface area contributed by atoms with Gasteiger partial charge in [-0.2, -0.15) is 5.10 Å². The molecule has 37 heavy (non-hydrogen) atoms. The van der Waals surface area contributed by atoms with Gasteiger partial charge >= 0.3 is 0 Å². The van der Waals surface area contributed by atoms with Crippen molar-refractivity contribution in [1.82, 2.24) is 4.98 Å². The number of aromatic nitrogens is 1. The van der Waals surface area contributed by atoms with Gasteiger partial charge < -0.3 is 27.0 Å². The Labute approximate surface area is 221 Å². The molecule has 0 saturated heterocycles. The lowest BCUT2D eigenvalue weighted by Gasteiger charge is -2.15. The minimum atomic E-state index is -0.233. The van der Waals surface area contributed by atoms with Crippen molar-refractivity contribution in [3.63, 3.8) is 0 Å². The van der Waals surface area contributed by atoms with E-state index >= 15 is 0 Å². The second-order valence-corrected chi connectivity index (χ2v) is 8.40. The summed E-state index contributed by atoms with van der Waals surface area (Å²) < 4.78 is 0. The minimum Gasteiger partial charge on any atom is -0.378 e. The summed E-state index contributed by atoms with van der Waals surface area (Å²) in [5.74, 6) is -0.361. The Morgan fingerprint density at radius 1 is 0.892 bits per heavy atom. The summed E-state index contributed by atoms with van der Waals surface area (Å²) >= 11 is 0. The number of pyridine rings is 1. The number of nitrogens with zero attached hydrogens (tertiary/aromatic N) is 4. The molecule has 0 spiro atoms. The van der Waals surface area contributed by atoms with E-state index in [-0.39, 0.29) is 24.3 Å². The van der Waals surface area contributed by atoms with Gasteiger partial charge in [0, 0.05) is 54.0 Å². The van der Waals surface area contributed by atoms with Crippen LogP contribution in [0.1, 0.15) is 22.8 Å². The molecule has 6 N–H and O–H groups in total. The highest BCUT2D eigenvalue weighted by atomic mass is 35.5. The van der Waals surface area contributed by atoms with Crippen molar-refractivity contribution in [2.45, 2.75) is 6.92 Å². The predicted octanol–water partition coefficient (Wildman–Crippen LogP) is 4.72. The van der Waals surface area contributed by atoms with Crippen molar-refractivity contribution in [2.75, 3.05) is 29.6 Å². The molecule has 0 aliphatic rings. The summed E-state index contributed by atoms with van der Waals surface area (Å²) in [7, 11) is 4.02. The first kappa shape index (κ1) is 27.0. The Hall–Kier alpha value is -4.63. The maximum absolute atomic E-state index is 12.8. The van der Waals surface area contributed by atoms with Gasteiger partial charge in [0.1, 0.15) is 0 Å². The van der Waals surface area contributed by atoms with Gasteiger partial charge in [0.2, 0.25) is 5.96 Å². The van der Waals surface area contributed by atoms with Crippen molar-refractivity contribution in [3.05, 3.63) is 90.1 Å². The van der Waals surface area contributed by atoms with Crippen LogP contribution in [0.3, 0.4) is 0 Å². The van der Waals surface area contributed by atoms with Gasteiger partial charge in [-0.15, -0.1) is 17.5 Å². The van der Waals surface area contributed by atoms with Crippen molar-refractivity contribution in [3.8, 4) is 0 Å². The fourth-order valence-electron chi connectivity index (χ4n) is 3.59. The fraction of sp³-hybridized carbons (Fsp3) is 0.111. The number of benzene rings is 3. The quantitative estimate of drug-likeness (QED) is 0.159. The maximum atomic E-state index is 12.8. The second kappa shape index (κ2) is 11.9. The Morgan fingerprint density at radius 3 is 2.30 bits per heavy atom. The van der Waals surface area contributed by atoms with E-state index in [1.54, 1.807) is 31.3 Å². The van der Waals surface area contributed by atoms with E-state index in [0.29, 0.717) is 17.0 Å². The highest BCUT2D eigenvalue weighted by Crippen LogP contribution is 2.29. The molecule has 1 aromatic heterocycles. The van der Waals surface area contributed by atoms with E-state index in [1.165, 1.54) is 0 Å². The molecule has 10 heteroatoms. The van der Waals surface area contributed by atoms with Gasteiger partial charge in [0.15, 0.2) is 0 Å². The van der Waals surface area contributed by atoms with E-state index in [4.69, 9.17) is 11.5 Å². The summed E-state index contributed by atoms with van der Waals surface area (Å²) in [6, 6.07) is 22.7. The van der Waals surface area contributed by atoms with Crippen molar-refractivity contribution in [1.29, 1.82) is 0 Å². The number of carbonyl (C=O) groups excluding carboxylic acids is 1. The molecule has 0 aliphatic carbocycles. The first-order chi connectivity index (χ1) is 17.3. The number of amides is 1. The highest BCUT2D eigenvalue weighted by Gasteiger charge is 2.09. The number of carbonyl (C=O) groups is 1. The van der Waals surface area contributed by atoms with Crippen LogP contribution in [0.25, 0.3) is 10.9 Å². The topological polar surface area (TPSA) is 134 Å². The van der Waals surface area contributed by atoms with Gasteiger partial charge in [-0.1, -0.05) is 12.1 Å². The van der Waals surface area contributed by atoms with Crippen molar-refractivity contribution >= 4 is 63.6 Å². The number of rotatable bonds is 7. The van der Waals surface area contributed by atoms with E-state index in [1.807, 2.05) is 62.6 Å². The normalized spacial score (nSPS) is 10.8. The third-order valence-electron chi connectivity index (χ3n) is 5.52. The number of fused-ring (bicyclic) bond motifs is 1. The molecule has 1 amide bonds. The zero-order chi connectivity index (χ0) is 25.7. The van der Waals surface area contributed by atoms with Crippen LogP contribution in [0.15, 0.2) is 89.2 Å². The molecule has 0 aliphatic heterocycles. The molecule has 0 saturated carbocycles. The molecule has 4 rings (SSSR count). The van der Waals surface area contributed by atoms with Crippen molar-refractivity contribution in [2.24, 2.45) is 21.7 Å². The Bertz CT molecular complexity index is 1460. The summed E-state index contributed by atoms with van der Waals surface area (Å²) in [4.78, 5) is 19.3. The third kappa shape index (κ3) is 6.74. The van der Waals surface area contributed by atoms with Gasteiger partial charge in [0.05, 0.1) is 11.2 Å². The van der Waals surface area contributed by atoms with Gasteiger partial charge in [0.25, 0.3) is 5.91 Å². The molecule has 190 valence electrons. The van der Waals surface area contributed by atoms with Crippen molar-refractivity contribution < 1.29 is 4.79 Å². The molecular formula is C27H29ClN8O. The summed E-state index contributed by atoms with van der Waals surface area (Å²) in [6.07, 6.45) is 1.78. The number of hydrogen-bond donors (Lipinski definition) is 4. The number of anilines is 4. The molecule has 0 fully saturated rings. The lowest BCUT2D eigenvalue weighted by molar-refractivity contribution is 0.102. The summed E-state index contributed by atoms with van der Waals surface area (Å²) in [6.45, 7) is 1.77. The van der Waals surface area contributed by atoms with Crippen LogP contribution in [-0.2, 0) is 0 Å². The van der Waals surface area contributed by atoms with Crippen LogP contribution in [-0.4, -0.2) is 36.7 Å². The Morgan fingerprint density at radius 2 is 1.59 bits per heavy atom. The number of nitrogens with one attached hydrogen (secondary N) is 2. The van der Waals surface area contributed by atoms with Gasteiger partial charge in [-0.05, 0) is 73.2 Å². The standard InChI is InChI=1S/C27H28N8O.ClH/c1-17(33-34-27(28)29)18-5-4-6-19(15-18)26(36)32-21-9-7-20(8-10-21)31-25-13-14-30-24-12-11-22(35(2)3)16-23(24)25;/h4-16H,1-3H3,(H,30,31)(H,32,36)(H4,28,29,34);1H. The number of nitrogens with two attached hydrogens (primary N) is 2. The highest BCUT2D eigenvalue weighted by molar-refractivity contribution is 6.07. The molecule has 0 radical (unpaired) electrons.